The van der Waals surface area contributed by atoms with Crippen LogP contribution < -0.4 is 0 Å². The molecule has 0 heterocycles. The van der Waals surface area contributed by atoms with Gasteiger partial charge >= 0.3 is 61.8 Å². The van der Waals surface area contributed by atoms with Crippen LogP contribution in [-0.2, 0) is 9.84 Å². The quantitative estimate of drug-likeness (QED) is 0.375. The second kappa shape index (κ2) is 4.10. The Morgan fingerprint density at radius 3 is 2.08 bits per heavy atom. The fourth-order valence-corrected chi connectivity index (χ4v) is 0.833. The van der Waals surface area contributed by atoms with Crippen LogP contribution in [0.1, 0.15) is 0 Å². The van der Waals surface area contributed by atoms with Gasteiger partial charge in [0.05, 0.1) is 0 Å². The first kappa shape index (κ1) is 11.0. The third-order valence-electron chi connectivity index (χ3n) is 0.441. The van der Waals surface area contributed by atoms with Gasteiger partial charge in [0.1, 0.15) is 0 Å². The minimum atomic E-state index is -4.43. The Kier molecular flexibility index (Phi) is 3.45. The molecule has 0 fully saturated rings. The average Bonchev–Trinajstić information content (AvgIpc) is 1.98. The Labute approximate surface area is 63.1 Å². The van der Waals surface area contributed by atoms with E-state index in [0.29, 0.717) is 0 Å². The van der Waals surface area contributed by atoms with E-state index in [0.717, 1.165) is 0 Å². The third kappa shape index (κ3) is 6.35. The van der Waals surface area contributed by atoms with Gasteiger partial charge in [0, 0.05) is 0 Å². The fourth-order valence-electron chi connectivity index (χ4n) is 0.190. The Morgan fingerprint density at radius 2 is 1.69 bits per heavy atom. The van der Waals surface area contributed by atoms with Gasteiger partial charge in [0.25, 0.3) is 0 Å². The second-order valence-corrected chi connectivity index (χ2v) is 3.38. The van der Waals surface area contributed by atoms with Gasteiger partial charge in [-0.3, -0.25) is 0 Å². The molecule has 0 saturated heterocycles. The number of hydrogen-bond donors (Lipinski definition) is 0. The van der Waals surface area contributed by atoms with Gasteiger partial charge in [-0.25, -0.2) is 0 Å². The maximum absolute atomic E-state index is 12.0. The number of halogens is 6. The summed E-state index contributed by atoms with van der Waals surface area (Å²) in [5.41, 5.74) is 0. The molecule has 0 aromatic heterocycles. The van der Waals surface area contributed by atoms with E-state index in [1.807, 2.05) is 0 Å². The van der Waals surface area contributed by atoms with Crippen LogP contribution >= 0.6 is 0 Å². The van der Waals surface area contributed by atoms with E-state index in [1.54, 1.807) is 0 Å². The van der Waals surface area contributed by atoms with Gasteiger partial charge in [-0.05, 0) is 0 Å². The standard InChI is InChI=1S/C3HF4O2.CF2.Cf/c4-2(5)1-9-3(6,7)8;2-1-3;/h1H;;/q-1;;+1. The van der Waals surface area contributed by atoms with E-state index in [2.05, 4.69) is 9.84 Å². The van der Waals surface area contributed by atoms with Gasteiger partial charge in [0.15, 0.2) is 0 Å². The molecule has 0 aliphatic heterocycles. The molecule has 0 unspecified atom stereocenters. The first-order valence-corrected chi connectivity index (χ1v) is 4.75. The number of rotatable bonds is 4. The molecular formula is C4HCfF6O2. The molecule has 0 aliphatic carbocycles. The molecule has 9 heteroatoms. The van der Waals surface area contributed by atoms with Gasteiger partial charge in [-0.1, -0.05) is 0 Å². The zero-order valence-electron chi connectivity index (χ0n) is 5.48. The summed E-state index contributed by atoms with van der Waals surface area (Å²) in [5.74, 6) is 0. The van der Waals surface area contributed by atoms with Crippen molar-refractivity contribution >= 4 is 6.93 Å². The monoisotopic (exact) mass is 444 g/mol. The molecule has 0 aromatic rings. The van der Waals surface area contributed by atoms with Crippen LogP contribution in [0.3, 0.4) is 0 Å². The molecule has 2 nitrogen and oxygen atoms in total. The second-order valence-electron chi connectivity index (χ2n) is 1.31. The van der Waals surface area contributed by atoms with Crippen molar-refractivity contribution in [1.82, 2.24) is 0 Å². The Bertz CT molecular complexity index is 197. The van der Waals surface area contributed by atoms with Crippen molar-refractivity contribution in [2.75, 3.05) is 0 Å². The van der Waals surface area contributed by atoms with Crippen molar-refractivity contribution in [1.29, 1.82) is 0 Å². The molecule has 13 heavy (non-hydrogen) atoms. The van der Waals surface area contributed by atoms with Crippen LogP contribution in [0.4, 0.5) is 26.3 Å². The number of alkyl halides is 2. The van der Waals surface area contributed by atoms with Crippen molar-refractivity contribution in [3.8, 4) is 0 Å². The topological polar surface area (TPSA) is 18.5 Å². The molecule has 0 atom stereocenters. The van der Waals surface area contributed by atoms with Gasteiger partial charge in [0.2, 0.25) is 0 Å². The molecule has 0 amide bonds. The molecule has 0 bridgehead atoms. The summed E-state index contributed by atoms with van der Waals surface area (Å²) in [6, 6.07) is 0. The molecule has 0 spiro atoms. The molecule has 0 aromatic carbocycles. The molecule has 0 rings (SSSR count). The van der Waals surface area contributed by atoms with E-state index in [1.165, 1.54) is 0 Å². The predicted molar refractivity (Wildman–Crippen MR) is 24.6 cm³/mol. The van der Waals surface area contributed by atoms with Crippen molar-refractivity contribution in [2.45, 2.75) is 6.29 Å². The molecule has 81 valence electrons. The number of hydrogen-bond acceptors (Lipinski definition) is 2. The molecule has 0 saturated carbocycles. The van der Waals surface area contributed by atoms with Crippen molar-refractivity contribution < 1.29 is 36.2 Å². The van der Waals surface area contributed by atoms with Crippen LogP contribution in [-0.4, -0.2) is 13.2 Å². The third-order valence-corrected chi connectivity index (χ3v) is 1.74. The van der Waals surface area contributed by atoms with E-state index < -0.39 is 25.6 Å². The Hall–Kier alpha value is -2.05. The van der Waals surface area contributed by atoms with E-state index in [4.69, 9.17) is 0 Å². The molecule has 0 radical (unpaired) electrons. The van der Waals surface area contributed by atoms with E-state index in [-0.39, 0.29) is 0 Å². The normalized spacial score (nSPS) is 10.3. The van der Waals surface area contributed by atoms with Gasteiger partial charge in [-0.15, -0.1) is 0 Å². The Balaban J connectivity index is 4.09. The maximum atomic E-state index is 12.0. The van der Waals surface area contributed by atoms with Crippen LogP contribution in [0, 0.1) is 0 Å². The zero-order valence-corrected chi connectivity index (χ0v) is 8.11. The van der Waals surface area contributed by atoms with Gasteiger partial charge in [-0.2, -0.15) is 0 Å². The summed E-state index contributed by atoms with van der Waals surface area (Å²) in [7, 11) is 0. The summed E-state index contributed by atoms with van der Waals surface area (Å²) in [5, 5.41) is 3.27. The summed E-state index contributed by atoms with van der Waals surface area (Å²) in [6.45, 7) is -2.28. The average molecular weight is 446 g/mol. The van der Waals surface area contributed by atoms with Gasteiger partial charge < -0.3 is 0 Å². The molecular weight excluding hydrogens is 445 g/mol. The summed E-state index contributed by atoms with van der Waals surface area (Å²) in [4.78, 5) is 0. The van der Waals surface area contributed by atoms with Crippen LogP contribution in [0.2, 0.25) is 0 Å². The molecule has 0 N–H and O–H groups in total. The molecule has 0 aliphatic rings. The summed E-state index contributed by atoms with van der Waals surface area (Å²) >= 11 is 0. The van der Waals surface area contributed by atoms with Crippen molar-refractivity contribution in [2.24, 2.45) is 0 Å². The summed E-state index contributed by atoms with van der Waals surface area (Å²) in [6.07, 6.45) is -7.52. The predicted octanol–water partition coefficient (Wildman–Crippen LogP) is 2.33. The SMILES string of the molecule is FC(F)=COC(F)(F)[O][Cf]=[C](F)F. The Morgan fingerprint density at radius 1 is 1.15 bits per heavy atom. The summed E-state index contributed by atoms with van der Waals surface area (Å²) < 4.78 is 69.0. The van der Waals surface area contributed by atoms with Crippen LogP contribution in [0.15, 0.2) is 12.3 Å². The first-order valence-electron chi connectivity index (χ1n) is 2.35. The van der Waals surface area contributed by atoms with Crippen LogP contribution in [0.25, 0.3) is 0 Å². The first-order chi connectivity index (χ1) is 5.83. The number of ether oxygens (including phenoxy) is 1. The fraction of sp³-hybridized carbons (Fsp3) is 0.250. The van der Waals surface area contributed by atoms with E-state index in [9.17, 15) is 26.3 Å². The van der Waals surface area contributed by atoms with Crippen molar-refractivity contribution in [3.05, 3.63) is 12.3 Å². The van der Waals surface area contributed by atoms with Crippen LogP contribution in [0.5, 0.6) is 0 Å². The minimum absolute atomic E-state index is 0.577. The van der Waals surface area contributed by atoms with Crippen molar-refractivity contribution in [3.63, 3.8) is 0 Å². The van der Waals surface area contributed by atoms with E-state index >= 15 is 0 Å². The zero-order chi connectivity index (χ0) is 10.5.